The topological polar surface area (TPSA) is 55.1 Å². The Morgan fingerprint density at radius 2 is 2.00 bits per heavy atom. The number of hydrogen-bond donors (Lipinski definition) is 2. The second kappa shape index (κ2) is 6.08. The molecule has 2 rings (SSSR count). The quantitative estimate of drug-likeness (QED) is 0.890. The molecular formula is C14H12BrClN2O. The minimum absolute atomic E-state index is 0.318. The number of rotatable bonds is 4. The highest BCUT2D eigenvalue weighted by Gasteiger charge is 2.07. The molecule has 0 aliphatic rings. The second-order valence-corrected chi connectivity index (χ2v) is 5.27. The second-order valence-electron chi connectivity index (χ2n) is 4.00. The molecule has 5 heteroatoms. The minimum Gasteiger partial charge on any atom is -0.381 e. The number of carbonyl (C=O) groups excluding carboxylic acids is 1. The molecular weight excluding hydrogens is 328 g/mol. The smallest absolute Gasteiger partial charge is 0.250 e. The Morgan fingerprint density at radius 3 is 2.68 bits per heavy atom. The molecule has 0 radical (unpaired) electrons. The van der Waals surface area contributed by atoms with Gasteiger partial charge in [-0.25, -0.2) is 0 Å². The molecule has 2 aromatic rings. The molecule has 0 saturated carbocycles. The minimum atomic E-state index is -0.533. The van der Waals surface area contributed by atoms with Gasteiger partial charge < -0.3 is 11.1 Å². The lowest BCUT2D eigenvalue weighted by atomic mass is 10.1. The largest absolute Gasteiger partial charge is 0.381 e. The van der Waals surface area contributed by atoms with Crippen molar-refractivity contribution in [2.75, 3.05) is 5.32 Å². The van der Waals surface area contributed by atoms with Crippen molar-refractivity contribution in [3.8, 4) is 0 Å². The number of carbonyl (C=O) groups is 1. The van der Waals surface area contributed by atoms with Gasteiger partial charge in [0.15, 0.2) is 0 Å². The van der Waals surface area contributed by atoms with Crippen LogP contribution in [0, 0.1) is 0 Å². The van der Waals surface area contributed by atoms with E-state index in [1.54, 1.807) is 12.1 Å². The van der Waals surface area contributed by atoms with Crippen LogP contribution in [0.4, 0.5) is 5.69 Å². The Morgan fingerprint density at radius 1 is 1.26 bits per heavy atom. The third-order valence-corrected chi connectivity index (χ3v) is 3.78. The highest BCUT2D eigenvalue weighted by molar-refractivity contribution is 9.10. The molecule has 3 nitrogen and oxygen atoms in total. The Bertz CT molecular complexity index is 616. The van der Waals surface area contributed by atoms with Gasteiger partial charge >= 0.3 is 0 Å². The van der Waals surface area contributed by atoms with Gasteiger partial charge in [-0.3, -0.25) is 4.79 Å². The molecule has 0 fully saturated rings. The van der Waals surface area contributed by atoms with Crippen molar-refractivity contribution in [3.05, 3.63) is 63.1 Å². The number of halogens is 2. The van der Waals surface area contributed by atoms with Gasteiger partial charge in [0, 0.05) is 16.7 Å². The molecule has 0 bridgehead atoms. The van der Waals surface area contributed by atoms with Crippen LogP contribution in [-0.4, -0.2) is 5.91 Å². The normalized spacial score (nSPS) is 10.2. The lowest BCUT2D eigenvalue weighted by Gasteiger charge is -2.09. The van der Waals surface area contributed by atoms with E-state index in [0.29, 0.717) is 17.1 Å². The van der Waals surface area contributed by atoms with E-state index in [-0.39, 0.29) is 0 Å². The molecule has 0 aromatic heterocycles. The first-order chi connectivity index (χ1) is 9.08. The van der Waals surface area contributed by atoms with Gasteiger partial charge in [0.05, 0.1) is 10.6 Å². The van der Waals surface area contributed by atoms with Crippen LogP contribution in [0.3, 0.4) is 0 Å². The van der Waals surface area contributed by atoms with E-state index in [1.807, 2.05) is 30.3 Å². The summed E-state index contributed by atoms with van der Waals surface area (Å²) in [4.78, 5) is 11.2. The maximum absolute atomic E-state index is 11.2. The highest BCUT2D eigenvalue weighted by Crippen LogP contribution is 2.22. The third kappa shape index (κ3) is 3.49. The predicted octanol–water partition coefficient (Wildman–Crippen LogP) is 3.81. The Hall–Kier alpha value is -1.52. The van der Waals surface area contributed by atoms with Gasteiger partial charge in [0.25, 0.3) is 0 Å². The number of anilines is 1. The fourth-order valence-corrected chi connectivity index (χ4v) is 2.30. The van der Waals surface area contributed by atoms with Crippen LogP contribution in [-0.2, 0) is 6.54 Å². The summed E-state index contributed by atoms with van der Waals surface area (Å²) in [6, 6.07) is 13.0. The third-order valence-electron chi connectivity index (χ3n) is 2.67. The summed E-state index contributed by atoms with van der Waals surface area (Å²) in [5.41, 5.74) is 7.50. The van der Waals surface area contributed by atoms with Gasteiger partial charge in [0.1, 0.15) is 0 Å². The first-order valence-corrected chi connectivity index (χ1v) is 6.81. The summed E-state index contributed by atoms with van der Waals surface area (Å²) < 4.78 is 1.03. The summed E-state index contributed by atoms with van der Waals surface area (Å²) >= 11 is 9.38. The van der Waals surface area contributed by atoms with E-state index in [0.717, 1.165) is 15.7 Å². The standard InChI is InChI=1S/C14H12BrClN2O/c15-12-4-2-1-3-9(12)8-18-10-5-6-13(16)11(7-10)14(17)19/h1-7,18H,8H2,(H2,17,19). The number of hydrogen-bond acceptors (Lipinski definition) is 2. The van der Waals surface area contributed by atoms with Crippen molar-refractivity contribution in [2.24, 2.45) is 5.73 Å². The van der Waals surface area contributed by atoms with Crippen molar-refractivity contribution in [1.82, 2.24) is 0 Å². The maximum Gasteiger partial charge on any atom is 0.250 e. The van der Waals surface area contributed by atoms with E-state index in [4.69, 9.17) is 17.3 Å². The molecule has 0 saturated heterocycles. The first-order valence-electron chi connectivity index (χ1n) is 5.64. The molecule has 3 N–H and O–H groups in total. The Kier molecular flexibility index (Phi) is 4.45. The number of amides is 1. The van der Waals surface area contributed by atoms with Gasteiger partial charge in [-0.05, 0) is 29.8 Å². The first kappa shape index (κ1) is 13.9. The lowest BCUT2D eigenvalue weighted by molar-refractivity contribution is 0.100. The summed E-state index contributed by atoms with van der Waals surface area (Å²) in [5.74, 6) is -0.533. The molecule has 0 aliphatic heterocycles. The average Bonchev–Trinajstić information content (AvgIpc) is 2.39. The number of primary amides is 1. The number of benzene rings is 2. The lowest BCUT2D eigenvalue weighted by Crippen LogP contribution is -2.12. The van der Waals surface area contributed by atoms with E-state index in [1.165, 1.54) is 0 Å². The van der Waals surface area contributed by atoms with E-state index in [2.05, 4.69) is 21.2 Å². The van der Waals surface area contributed by atoms with Crippen LogP contribution in [0.15, 0.2) is 46.9 Å². The van der Waals surface area contributed by atoms with Gasteiger partial charge in [0.2, 0.25) is 5.91 Å². The molecule has 0 atom stereocenters. The van der Waals surface area contributed by atoms with Crippen LogP contribution in [0.25, 0.3) is 0 Å². The van der Waals surface area contributed by atoms with E-state index in [9.17, 15) is 4.79 Å². The van der Waals surface area contributed by atoms with Crippen LogP contribution in [0.1, 0.15) is 15.9 Å². The predicted molar refractivity (Wildman–Crippen MR) is 81.4 cm³/mol. The molecule has 0 spiro atoms. The summed E-state index contributed by atoms with van der Waals surface area (Å²) in [5, 5.41) is 3.59. The van der Waals surface area contributed by atoms with Gasteiger partial charge in [-0.1, -0.05) is 45.7 Å². The molecule has 0 aliphatic carbocycles. The fraction of sp³-hybridized carbons (Fsp3) is 0.0714. The summed E-state index contributed by atoms with van der Waals surface area (Å²) in [6.07, 6.45) is 0. The fourth-order valence-electron chi connectivity index (χ4n) is 1.66. The summed E-state index contributed by atoms with van der Waals surface area (Å²) in [7, 11) is 0. The molecule has 2 aromatic carbocycles. The zero-order valence-electron chi connectivity index (χ0n) is 9.99. The molecule has 0 unspecified atom stereocenters. The Labute approximate surface area is 124 Å². The van der Waals surface area contributed by atoms with Crippen molar-refractivity contribution in [3.63, 3.8) is 0 Å². The van der Waals surface area contributed by atoms with Crippen LogP contribution >= 0.6 is 27.5 Å². The number of nitrogens with one attached hydrogen (secondary N) is 1. The zero-order valence-corrected chi connectivity index (χ0v) is 12.3. The SMILES string of the molecule is NC(=O)c1cc(NCc2ccccc2Br)ccc1Cl. The van der Waals surface area contributed by atoms with Crippen molar-refractivity contribution < 1.29 is 4.79 Å². The van der Waals surface area contributed by atoms with E-state index < -0.39 is 5.91 Å². The highest BCUT2D eigenvalue weighted by atomic mass is 79.9. The van der Waals surface area contributed by atoms with Crippen molar-refractivity contribution >= 4 is 39.1 Å². The van der Waals surface area contributed by atoms with Crippen LogP contribution in [0.5, 0.6) is 0 Å². The van der Waals surface area contributed by atoms with Crippen LogP contribution in [0.2, 0.25) is 5.02 Å². The van der Waals surface area contributed by atoms with E-state index >= 15 is 0 Å². The number of nitrogens with two attached hydrogens (primary N) is 1. The summed E-state index contributed by atoms with van der Waals surface area (Å²) in [6.45, 7) is 0.640. The zero-order chi connectivity index (χ0) is 13.8. The molecule has 0 heterocycles. The molecule has 19 heavy (non-hydrogen) atoms. The average molecular weight is 340 g/mol. The Balaban J connectivity index is 2.14. The van der Waals surface area contributed by atoms with Crippen molar-refractivity contribution in [1.29, 1.82) is 0 Å². The van der Waals surface area contributed by atoms with Gasteiger partial charge in [-0.15, -0.1) is 0 Å². The van der Waals surface area contributed by atoms with Gasteiger partial charge in [-0.2, -0.15) is 0 Å². The van der Waals surface area contributed by atoms with Crippen LogP contribution < -0.4 is 11.1 Å². The molecule has 1 amide bonds. The monoisotopic (exact) mass is 338 g/mol. The maximum atomic E-state index is 11.2. The van der Waals surface area contributed by atoms with Crippen molar-refractivity contribution in [2.45, 2.75) is 6.54 Å². The molecule has 98 valence electrons.